The standard InChI is InChI=1S/C17H23N3O/c1-12-10-19-16(17(18)21)9-14(13(12)2)11-20(3)15-7-5-4-6-8-15/h4-9,12-13H,10-11H2,1-3H3,(H2,18,21). The molecule has 0 aromatic heterocycles. The van der Waals surface area contributed by atoms with Crippen LogP contribution in [0, 0.1) is 11.8 Å². The SMILES string of the molecule is CC1CN=C(C(N)=O)C=C(CN(C)c2ccccc2)C1C. The topological polar surface area (TPSA) is 58.7 Å². The minimum Gasteiger partial charge on any atom is -0.371 e. The molecule has 1 heterocycles. The highest BCUT2D eigenvalue weighted by atomic mass is 16.1. The largest absolute Gasteiger partial charge is 0.371 e. The van der Waals surface area contributed by atoms with Crippen LogP contribution in [0.5, 0.6) is 0 Å². The highest BCUT2D eigenvalue weighted by molar-refractivity contribution is 6.43. The summed E-state index contributed by atoms with van der Waals surface area (Å²) in [7, 11) is 2.06. The Morgan fingerprint density at radius 1 is 1.33 bits per heavy atom. The molecule has 2 N–H and O–H groups in total. The molecule has 4 nitrogen and oxygen atoms in total. The Kier molecular flexibility index (Phi) is 4.78. The summed E-state index contributed by atoms with van der Waals surface area (Å²) >= 11 is 0. The second-order valence-corrected chi connectivity index (χ2v) is 5.77. The Hall–Kier alpha value is -2.10. The van der Waals surface area contributed by atoms with E-state index in [-0.39, 0.29) is 0 Å². The number of amides is 1. The first-order valence-electron chi connectivity index (χ1n) is 7.30. The van der Waals surface area contributed by atoms with Crippen LogP contribution >= 0.6 is 0 Å². The number of para-hydroxylation sites is 1. The fraction of sp³-hybridized carbons (Fsp3) is 0.412. The molecule has 0 radical (unpaired) electrons. The van der Waals surface area contributed by atoms with Crippen LogP contribution in [0.15, 0.2) is 47.0 Å². The maximum absolute atomic E-state index is 11.5. The first kappa shape index (κ1) is 15.3. The van der Waals surface area contributed by atoms with Gasteiger partial charge in [0.05, 0.1) is 0 Å². The molecule has 1 amide bonds. The lowest BCUT2D eigenvalue weighted by Crippen LogP contribution is -2.26. The lowest BCUT2D eigenvalue weighted by atomic mass is 9.88. The van der Waals surface area contributed by atoms with E-state index in [9.17, 15) is 4.79 Å². The number of carbonyl (C=O) groups excluding carboxylic acids is 1. The lowest BCUT2D eigenvalue weighted by Gasteiger charge is -2.26. The van der Waals surface area contributed by atoms with Crippen molar-refractivity contribution in [1.82, 2.24) is 0 Å². The molecule has 0 spiro atoms. The smallest absolute Gasteiger partial charge is 0.266 e. The summed E-state index contributed by atoms with van der Waals surface area (Å²) in [5.41, 5.74) is 8.15. The minimum absolute atomic E-state index is 0.372. The Morgan fingerprint density at radius 2 is 2.00 bits per heavy atom. The molecule has 0 bridgehead atoms. The second-order valence-electron chi connectivity index (χ2n) is 5.77. The average molecular weight is 285 g/mol. The number of nitrogens with zero attached hydrogens (tertiary/aromatic N) is 2. The minimum atomic E-state index is -0.448. The first-order chi connectivity index (χ1) is 9.99. The van der Waals surface area contributed by atoms with Gasteiger partial charge in [-0.15, -0.1) is 0 Å². The van der Waals surface area contributed by atoms with E-state index in [2.05, 4.69) is 42.9 Å². The van der Waals surface area contributed by atoms with Crippen molar-refractivity contribution in [2.24, 2.45) is 22.6 Å². The van der Waals surface area contributed by atoms with E-state index in [1.165, 1.54) is 5.57 Å². The number of hydrogen-bond acceptors (Lipinski definition) is 3. The Labute approximate surface area is 126 Å². The van der Waals surface area contributed by atoms with Crippen LogP contribution in [0.2, 0.25) is 0 Å². The van der Waals surface area contributed by atoms with Crippen LogP contribution in [0.25, 0.3) is 0 Å². The van der Waals surface area contributed by atoms with Crippen molar-refractivity contribution < 1.29 is 4.79 Å². The molecule has 1 aliphatic heterocycles. The molecule has 21 heavy (non-hydrogen) atoms. The number of likely N-dealkylation sites (N-methyl/N-ethyl adjacent to an activating group) is 1. The van der Waals surface area contributed by atoms with Crippen LogP contribution in [0.3, 0.4) is 0 Å². The molecular formula is C17H23N3O. The Morgan fingerprint density at radius 3 is 2.62 bits per heavy atom. The van der Waals surface area contributed by atoms with Crippen molar-refractivity contribution in [3.63, 3.8) is 0 Å². The third-order valence-corrected chi connectivity index (χ3v) is 4.18. The zero-order valence-corrected chi connectivity index (χ0v) is 12.9. The van der Waals surface area contributed by atoms with Crippen molar-refractivity contribution >= 4 is 17.3 Å². The quantitative estimate of drug-likeness (QED) is 0.922. The van der Waals surface area contributed by atoms with Gasteiger partial charge in [-0.1, -0.05) is 32.0 Å². The van der Waals surface area contributed by atoms with E-state index in [1.54, 1.807) is 0 Å². The van der Waals surface area contributed by atoms with Crippen LogP contribution < -0.4 is 10.6 Å². The van der Waals surface area contributed by atoms with Crippen molar-refractivity contribution in [1.29, 1.82) is 0 Å². The predicted molar refractivity (Wildman–Crippen MR) is 87.6 cm³/mol. The van der Waals surface area contributed by atoms with E-state index in [0.29, 0.717) is 24.1 Å². The van der Waals surface area contributed by atoms with Gasteiger partial charge in [0.25, 0.3) is 5.91 Å². The summed E-state index contributed by atoms with van der Waals surface area (Å²) in [6.45, 7) is 5.76. The van der Waals surface area contributed by atoms with Gasteiger partial charge in [0.15, 0.2) is 0 Å². The molecule has 0 saturated heterocycles. The van der Waals surface area contributed by atoms with E-state index in [0.717, 1.165) is 12.2 Å². The highest BCUT2D eigenvalue weighted by Gasteiger charge is 2.22. The van der Waals surface area contributed by atoms with E-state index in [1.807, 2.05) is 24.3 Å². The molecule has 2 unspecified atom stereocenters. The number of carbonyl (C=O) groups is 1. The van der Waals surface area contributed by atoms with Crippen molar-refractivity contribution in [3.05, 3.63) is 42.0 Å². The molecule has 1 aromatic rings. The van der Waals surface area contributed by atoms with Crippen LogP contribution in [0.1, 0.15) is 13.8 Å². The maximum atomic E-state index is 11.5. The number of hydrogen-bond donors (Lipinski definition) is 1. The number of anilines is 1. The van der Waals surface area contributed by atoms with Gasteiger partial charge in [0, 0.05) is 25.8 Å². The van der Waals surface area contributed by atoms with Gasteiger partial charge in [-0.05, 0) is 35.6 Å². The number of primary amides is 1. The van der Waals surface area contributed by atoms with Crippen LogP contribution in [-0.4, -0.2) is 31.8 Å². The molecule has 2 rings (SSSR count). The number of benzene rings is 1. The Balaban J connectivity index is 2.23. The van der Waals surface area contributed by atoms with Crippen molar-refractivity contribution in [2.75, 3.05) is 25.0 Å². The zero-order chi connectivity index (χ0) is 15.4. The second kappa shape index (κ2) is 6.57. The molecule has 0 aliphatic carbocycles. The molecule has 4 heteroatoms. The summed E-state index contributed by atoms with van der Waals surface area (Å²) in [6, 6.07) is 10.2. The van der Waals surface area contributed by atoms with E-state index < -0.39 is 5.91 Å². The van der Waals surface area contributed by atoms with Gasteiger partial charge in [0.1, 0.15) is 5.71 Å². The van der Waals surface area contributed by atoms with Crippen LogP contribution in [0.4, 0.5) is 5.69 Å². The van der Waals surface area contributed by atoms with E-state index in [4.69, 9.17) is 5.73 Å². The molecule has 1 aliphatic rings. The summed E-state index contributed by atoms with van der Waals surface area (Å²) in [4.78, 5) is 18.0. The van der Waals surface area contributed by atoms with Crippen LogP contribution in [-0.2, 0) is 4.79 Å². The lowest BCUT2D eigenvalue weighted by molar-refractivity contribution is -0.111. The fourth-order valence-electron chi connectivity index (χ4n) is 2.50. The molecule has 112 valence electrons. The third-order valence-electron chi connectivity index (χ3n) is 4.18. The zero-order valence-electron chi connectivity index (χ0n) is 12.9. The molecule has 1 aromatic carbocycles. The van der Waals surface area contributed by atoms with Gasteiger partial charge in [-0.3, -0.25) is 9.79 Å². The molecular weight excluding hydrogens is 262 g/mol. The first-order valence-corrected chi connectivity index (χ1v) is 7.30. The third kappa shape index (κ3) is 3.72. The number of rotatable bonds is 4. The normalized spacial score (nSPS) is 22.0. The van der Waals surface area contributed by atoms with E-state index >= 15 is 0 Å². The molecule has 0 fully saturated rings. The number of aliphatic imine (C=N–C) groups is 1. The predicted octanol–water partition coefficient (Wildman–Crippen LogP) is 2.26. The highest BCUT2D eigenvalue weighted by Crippen LogP contribution is 2.25. The van der Waals surface area contributed by atoms with Gasteiger partial charge >= 0.3 is 0 Å². The maximum Gasteiger partial charge on any atom is 0.266 e. The van der Waals surface area contributed by atoms with Crippen molar-refractivity contribution in [3.8, 4) is 0 Å². The Bertz CT molecular complexity index is 563. The molecule has 2 atom stereocenters. The molecule has 0 saturated carbocycles. The van der Waals surface area contributed by atoms with Gasteiger partial charge in [0.2, 0.25) is 0 Å². The average Bonchev–Trinajstić information content (AvgIpc) is 2.62. The summed E-state index contributed by atoms with van der Waals surface area (Å²) in [6.07, 6.45) is 1.87. The van der Waals surface area contributed by atoms with Gasteiger partial charge in [-0.2, -0.15) is 0 Å². The summed E-state index contributed by atoms with van der Waals surface area (Å²) in [5.74, 6) is 0.324. The number of nitrogens with two attached hydrogens (primary N) is 1. The monoisotopic (exact) mass is 285 g/mol. The summed E-state index contributed by atoms with van der Waals surface area (Å²) < 4.78 is 0. The van der Waals surface area contributed by atoms with Gasteiger partial charge in [-0.25, -0.2) is 0 Å². The van der Waals surface area contributed by atoms with Crippen molar-refractivity contribution in [2.45, 2.75) is 13.8 Å². The fourth-order valence-corrected chi connectivity index (χ4v) is 2.50. The summed E-state index contributed by atoms with van der Waals surface area (Å²) in [5, 5.41) is 0. The van der Waals surface area contributed by atoms with Gasteiger partial charge < -0.3 is 10.6 Å².